The molecule has 0 spiro atoms. The maximum atomic E-state index is 12.4. The molecule has 20 heavy (non-hydrogen) atoms. The van der Waals surface area contributed by atoms with Gasteiger partial charge in [-0.1, -0.05) is 30.3 Å². The molecule has 0 aliphatic heterocycles. The molecule has 3 nitrogen and oxygen atoms in total. The van der Waals surface area contributed by atoms with E-state index in [1.165, 1.54) is 0 Å². The van der Waals surface area contributed by atoms with Crippen LogP contribution in [0.4, 0.5) is 0 Å². The minimum Gasteiger partial charge on any atom is -0.497 e. The Labute approximate surface area is 119 Å². The molecule has 0 fully saturated rings. The highest BCUT2D eigenvalue weighted by atomic mass is 16.5. The van der Waals surface area contributed by atoms with E-state index in [4.69, 9.17) is 4.74 Å². The molecule has 0 N–H and O–H groups in total. The van der Waals surface area contributed by atoms with E-state index in [1.807, 2.05) is 68.6 Å². The molecule has 0 heterocycles. The number of methoxy groups -OCH3 is 1. The maximum Gasteiger partial charge on any atom is 0.254 e. The van der Waals surface area contributed by atoms with Crippen molar-refractivity contribution in [1.82, 2.24) is 4.90 Å². The zero-order valence-electron chi connectivity index (χ0n) is 12.0. The zero-order valence-corrected chi connectivity index (χ0v) is 12.0. The van der Waals surface area contributed by atoms with Crippen LogP contribution in [0.25, 0.3) is 0 Å². The molecule has 0 saturated carbocycles. The fourth-order valence-corrected chi connectivity index (χ4v) is 2.07. The van der Waals surface area contributed by atoms with Crippen molar-refractivity contribution in [2.45, 2.75) is 13.0 Å². The van der Waals surface area contributed by atoms with Crippen molar-refractivity contribution in [3.8, 4) is 5.75 Å². The standard InChI is InChI=1S/C17H19NO2/c1-13(14-9-11-16(20-3)12-10-14)18(2)17(19)15-7-5-4-6-8-15/h4-13H,1-3H3. The van der Waals surface area contributed by atoms with Gasteiger partial charge in [-0.3, -0.25) is 4.79 Å². The lowest BCUT2D eigenvalue weighted by molar-refractivity contribution is 0.0742. The summed E-state index contributed by atoms with van der Waals surface area (Å²) in [4.78, 5) is 14.1. The van der Waals surface area contributed by atoms with E-state index >= 15 is 0 Å². The third-order valence-corrected chi connectivity index (χ3v) is 3.52. The van der Waals surface area contributed by atoms with Crippen molar-refractivity contribution in [3.05, 3.63) is 65.7 Å². The van der Waals surface area contributed by atoms with Gasteiger partial charge in [0.1, 0.15) is 5.75 Å². The fraction of sp³-hybridized carbons (Fsp3) is 0.235. The molecule has 3 heteroatoms. The van der Waals surface area contributed by atoms with Crippen LogP contribution in [-0.4, -0.2) is 25.0 Å². The average molecular weight is 269 g/mol. The van der Waals surface area contributed by atoms with Gasteiger partial charge in [-0.25, -0.2) is 0 Å². The van der Waals surface area contributed by atoms with Crippen LogP contribution in [0, 0.1) is 0 Å². The van der Waals surface area contributed by atoms with Gasteiger partial charge in [0.25, 0.3) is 5.91 Å². The molecule has 0 aromatic heterocycles. The molecular formula is C17H19NO2. The fourth-order valence-electron chi connectivity index (χ4n) is 2.07. The van der Waals surface area contributed by atoms with E-state index in [-0.39, 0.29) is 11.9 Å². The summed E-state index contributed by atoms with van der Waals surface area (Å²) in [5.41, 5.74) is 1.79. The quantitative estimate of drug-likeness (QED) is 0.849. The third-order valence-electron chi connectivity index (χ3n) is 3.52. The van der Waals surface area contributed by atoms with E-state index < -0.39 is 0 Å². The van der Waals surface area contributed by atoms with Crippen molar-refractivity contribution in [2.75, 3.05) is 14.2 Å². The maximum absolute atomic E-state index is 12.4. The predicted octanol–water partition coefficient (Wildman–Crippen LogP) is 3.53. The number of nitrogens with zero attached hydrogens (tertiary/aromatic N) is 1. The summed E-state index contributed by atoms with van der Waals surface area (Å²) in [6.07, 6.45) is 0. The molecule has 0 aliphatic rings. The Hall–Kier alpha value is -2.29. The Morgan fingerprint density at radius 1 is 1.05 bits per heavy atom. The highest BCUT2D eigenvalue weighted by Gasteiger charge is 2.18. The first-order chi connectivity index (χ1) is 9.63. The molecule has 104 valence electrons. The minimum atomic E-state index is 0.00797. The van der Waals surface area contributed by atoms with Crippen molar-refractivity contribution >= 4 is 5.91 Å². The largest absolute Gasteiger partial charge is 0.497 e. The van der Waals surface area contributed by atoms with E-state index in [2.05, 4.69) is 0 Å². The second kappa shape index (κ2) is 6.24. The summed E-state index contributed by atoms with van der Waals surface area (Å²) in [5.74, 6) is 0.840. The topological polar surface area (TPSA) is 29.5 Å². The first-order valence-corrected chi connectivity index (χ1v) is 6.59. The van der Waals surface area contributed by atoms with Gasteiger partial charge in [0.05, 0.1) is 13.2 Å². The predicted molar refractivity (Wildman–Crippen MR) is 79.9 cm³/mol. The minimum absolute atomic E-state index is 0.00797. The highest BCUT2D eigenvalue weighted by molar-refractivity contribution is 5.94. The monoisotopic (exact) mass is 269 g/mol. The Bertz CT molecular complexity index is 563. The first-order valence-electron chi connectivity index (χ1n) is 6.59. The lowest BCUT2D eigenvalue weighted by atomic mass is 10.1. The molecule has 0 aliphatic carbocycles. The summed E-state index contributed by atoms with van der Waals surface area (Å²) < 4.78 is 5.15. The van der Waals surface area contributed by atoms with Gasteiger partial charge in [-0.15, -0.1) is 0 Å². The van der Waals surface area contributed by atoms with Crippen LogP contribution in [-0.2, 0) is 0 Å². The number of carbonyl (C=O) groups excluding carboxylic acids is 1. The highest BCUT2D eigenvalue weighted by Crippen LogP contribution is 2.22. The normalized spacial score (nSPS) is 11.8. The molecule has 0 saturated heterocycles. The van der Waals surface area contributed by atoms with E-state index in [0.717, 1.165) is 11.3 Å². The molecule has 1 unspecified atom stereocenters. The van der Waals surface area contributed by atoms with Crippen molar-refractivity contribution in [1.29, 1.82) is 0 Å². The van der Waals surface area contributed by atoms with E-state index in [1.54, 1.807) is 12.0 Å². The molecule has 1 atom stereocenters. The summed E-state index contributed by atoms with van der Waals surface area (Å²) in [5, 5.41) is 0. The smallest absolute Gasteiger partial charge is 0.254 e. The van der Waals surface area contributed by atoms with Crippen LogP contribution >= 0.6 is 0 Å². The van der Waals surface area contributed by atoms with Gasteiger partial charge >= 0.3 is 0 Å². The summed E-state index contributed by atoms with van der Waals surface area (Å²) in [6.45, 7) is 2.02. The first kappa shape index (κ1) is 14.1. The molecule has 1 amide bonds. The Kier molecular flexibility index (Phi) is 4.41. The number of hydrogen-bond acceptors (Lipinski definition) is 2. The number of ether oxygens (including phenoxy) is 1. The van der Waals surface area contributed by atoms with Crippen molar-refractivity contribution in [2.24, 2.45) is 0 Å². The third kappa shape index (κ3) is 2.99. The summed E-state index contributed by atoms with van der Waals surface area (Å²) >= 11 is 0. The van der Waals surface area contributed by atoms with Gasteiger partial charge < -0.3 is 9.64 Å². The summed E-state index contributed by atoms with van der Waals surface area (Å²) in [6, 6.07) is 17.1. The summed E-state index contributed by atoms with van der Waals surface area (Å²) in [7, 11) is 3.47. The molecular weight excluding hydrogens is 250 g/mol. The van der Waals surface area contributed by atoms with Crippen LogP contribution in [0.15, 0.2) is 54.6 Å². The molecule has 0 bridgehead atoms. The second-order valence-electron chi connectivity index (χ2n) is 4.73. The number of hydrogen-bond donors (Lipinski definition) is 0. The van der Waals surface area contributed by atoms with E-state index in [9.17, 15) is 4.79 Å². The number of rotatable bonds is 4. The molecule has 2 aromatic rings. The van der Waals surface area contributed by atoms with Gasteiger partial charge in [0.2, 0.25) is 0 Å². The Balaban J connectivity index is 2.15. The van der Waals surface area contributed by atoms with Crippen molar-refractivity contribution < 1.29 is 9.53 Å². The van der Waals surface area contributed by atoms with Crippen LogP contribution < -0.4 is 4.74 Å². The van der Waals surface area contributed by atoms with Crippen LogP contribution in [0.3, 0.4) is 0 Å². The second-order valence-corrected chi connectivity index (χ2v) is 4.73. The number of carbonyl (C=O) groups is 1. The van der Waals surface area contributed by atoms with Gasteiger partial charge in [-0.05, 0) is 36.8 Å². The van der Waals surface area contributed by atoms with Crippen LogP contribution in [0.5, 0.6) is 5.75 Å². The number of amides is 1. The van der Waals surface area contributed by atoms with Crippen molar-refractivity contribution in [3.63, 3.8) is 0 Å². The number of benzene rings is 2. The van der Waals surface area contributed by atoms with Gasteiger partial charge in [-0.2, -0.15) is 0 Å². The van der Waals surface area contributed by atoms with E-state index in [0.29, 0.717) is 5.56 Å². The van der Waals surface area contributed by atoms with Gasteiger partial charge in [0.15, 0.2) is 0 Å². The van der Waals surface area contributed by atoms with Crippen LogP contribution in [0.1, 0.15) is 28.9 Å². The Morgan fingerprint density at radius 3 is 2.20 bits per heavy atom. The molecule has 2 aromatic carbocycles. The van der Waals surface area contributed by atoms with Gasteiger partial charge in [0, 0.05) is 12.6 Å². The molecule has 2 rings (SSSR count). The zero-order chi connectivity index (χ0) is 14.5. The SMILES string of the molecule is COc1ccc(C(C)N(C)C(=O)c2ccccc2)cc1. The van der Waals surface area contributed by atoms with Crippen LogP contribution in [0.2, 0.25) is 0 Å². The Morgan fingerprint density at radius 2 is 1.65 bits per heavy atom. The lowest BCUT2D eigenvalue weighted by Crippen LogP contribution is -2.29. The molecule has 0 radical (unpaired) electrons. The average Bonchev–Trinajstić information content (AvgIpc) is 2.53. The lowest BCUT2D eigenvalue weighted by Gasteiger charge is -2.25.